The zero-order valence-corrected chi connectivity index (χ0v) is 9.00. The van der Waals surface area contributed by atoms with Crippen LogP contribution in [0, 0.1) is 11.6 Å². The van der Waals surface area contributed by atoms with Gasteiger partial charge in [0, 0.05) is 12.1 Å². The van der Waals surface area contributed by atoms with Crippen molar-refractivity contribution >= 4 is 11.0 Å². The monoisotopic (exact) mass is 247 g/mol. The molecule has 0 saturated heterocycles. The predicted molar refractivity (Wildman–Crippen MR) is 62.1 cm³/mol. The van der Waals surface area contributed by atoms with Crippen molar-refractivity contribution in [3.63, 3.8) is 0 Å². The molecule has 0 atom stereocenters. The quantitative estimate of drug-likeness (QED) is 0.692. The van der Waals surface area contributed by atoms with E-state index in [9.17, 15) is 13.6 Å². The van der Waals surface area contributed by atoms with Crippen molar-refractivity contribution in [1.82, 2.24) is 15.0 Å². The molecule has 90 valence electrons. The van der Waals surface area contributed by atoms with Gasteiger partial charge in [0.05, 0.1) is 11.2 Å². The first-order valence-electron chi connectivity index (χ1n) is 5.18. The lowest BCUT2D eigenvalue weighted by atomic mass is 10.3. The molecule has 0 bridgehead atoms. The normalized spacial score (nSPS) is 11.0. The minimum absolute atomic E-state index is 0.0381. The highest BCUT2D eigenvalue weighted by atomic mass is 19.1. The van der Waals surface area contributed by atoms with E-state index in [2.05, 4.69) is 15.0 Å². The number of H-pyrrole nitrogens is 2. The molecule has 2 N–H and O–H groups in total. The van der Waals surface area contributed by atoms with Gasteiger partial charge in [-0.05, 0) is 12.1 Å². The molecule has 3 aromatic rings. The number of pyridine rings is 1. The molecule has 3 rings (SSSR count). The number of aromatic nitrogens is 3. The summed E-state index contributed by atoms with van der Waals surface area (Å²) in [4.78, 5) is 20.5. The third kappa shape index (κ3) is 1.67. The number of halogens is 2. The summed E-state index contributed by atoms with van der Waals surface area (Å²) in [5.41, 5.74) is 0.404. The van der Waals surface area contributed by atoms with Crippen molar-refractivity contribution in [1.29, 1.82) is 0 Å². The Hall–Kier alpha value is -2.50. The maximum absolute atomic E-state index is 13.5. The van der Waals surface area contributed by atoms with E-state index in [1.165, 1.54) is 6.07 Å². The Morgan fingerprint density at radius 1 is 1.11 bits per heavy atom. The summed E-state index contributed by atoms with van der Waals surface area (Å²) in [5.74, 6) is -1.14. The molecule has 6 heteroatoms. The third-order valence-corrected chi connectivity index (χ3v) is 2.53. The second kappa shape index (κ2) is 3.76. The third-order valence-electron chi connectivity index (χ3n) is 2.53. The second-order valence-electron chi connectivity index (χ2n) is 3.80. The van der Waals surface area contributed by atoms with Gasteiger partial charge in [-0.15, -0.1) is 0 Å². The molecule has 0 aliphatic carbocycles. The Morgan fingerprint density at radius 3 is 2.72 bits per heavy atom. The zero-order chi connectivity index (χ0) is 12.7. The van der Waals surface area contributed by atoms with Gasteiger partial charge in [-0.3, -0.25) is 4.79 Å². The van der Waals surface area contributed by atoms with E-state index in [1.807, 2.05) is 0 Å². The van der Waals surface area contributed by atoms with Crippen LogP contribution in [0.25, 0.3) is 22.6 Å². The molecule has 4 nitrogen and oxygen atoms in total. The first kappa shape index (κ1) is 10.6. The fourth-order valence-corrected chi connectivity index (χ4v) is 1.76. The minimum Gasteiger partial charge on any atom is -0.337 e. The van der Waals surface area contributed by atoms with E-state index in [0.717, 1.165) is 12.1 Å². The van der Waals surface area contributed by atoms with Crippen molar-refractivity contribution in [3.05, 3.63) is 52.3 Å². The van der Waals surface area contributed by atoms with Crippen molar-refractivity contribution in [2.45, 2.75) is 0 Å². The van der Waals surface area contributed by atoms with Crippen LogP contribution < -0.4 is 5.56 Å². The maximum Gasteiger partial charge on any atom is 0.248 e. The molecule has 0 amide bonds. The van der Waals surface area contributed by atoms with E-state index in [1.54, 1.807) is 12.1 Å². The minimum atomic E-state index is -0.745. The van der Waals surface area contributed by atoms with Crippen molar-refractivity contribution < 1.29 is 8.78 Å². The fourth-order valence-electron chi connectivity index (χ4n) is 1.76. The molecular weight excluding hydrogens is 240 g/mol. The highest BCUT2D eigenvalue weighted by molar-refractivity contribution is 5.79. The number of hydrogen-bond acceptors (Lipinski definition) is 2. The number of nitrogens with one attached hydrogen (secondary N) is 2. The van der Waals surface area contributed by atoms with Gasteiger partial charge >= 0.3 is 0 Å². The number of fused-ring (bicyclic) bond motifs is 1. The Morgan fingerprint density at radius 2 is 1.94 bits per heavy atom. The van der Waals surface area contributed by atoms with Crippen LogP contribution in [0.2, 0.25) is 0 Å². The molecule has 0 aliphatic heterocycles. The number of nitrogens with zero attached hydrogens (tertiary/aromatic N) is 1. The molecule has 18 heavy (non-hydrogen) atoms. The predicted octanol–water partition coefficient (Wildman–Crippen LogP) is 2.20. The largest absolute Gasteiger partial charge is 0.337 e. The first-order valence-corrected chi connectivity index (χ1v) is 5.18. The van der Waals surface area contributed by atoms with Crippen molar-refractivity contribution in [3.8, 4) is 11.5 Å². The molecule has 0 spiro atoms. The Bertz CT molecular complexity index is 791. The van der Waals surface area contributed by atoms with Crippen LogP contribution in [0.1, 0.15) is 0 Å². The van der Waals surface area contributed by atoms with Crippen LogP contribution >= 0.6 is 0 Å². The lowest BCUT2D eigenvalue weighted by Gasteiger charge is -1.93. The van der Waals surface area contributed by atoms with Gasteiger partial charge < -0.3 is 9.97 Å². The molecule has 0 radical (unpaired) electrons. The highest BCUT2D eigenvalue weighted by Crippen LogP contribution is 2.21. The SMILES string of the molecule is O=c1cccc(-c2nc3c(F)cc(F)cc3[nH]2)[nH]1. The molecule has 2 aromatic heterocycles. The highest BCUT2D eigenvalue weighted by Gasteiger charge is 2.11. The van der Waals surface area contributed by atoms with Crippen molar-refractivity contribution in [2.75, 3.05) is 0 Å². The van der Waals surface area contributed by atoms with Crippen LogP contribution in [0.5, 0.6) is 0 Å². The van der Waals surface area contributed by atoms with Crippen molar-refractivity contribution in [2.24, 2.45) is 0 Å². The Kier molecular flexibility index (Phi) is 2.22. The topological polar surface area (TPSA) is 61.5 Å². The lowest BCUT2D eigenvalue weighted by Crippen LogP contribution is -2.03. The van der Waals surface area contributed by atoms with Gasteiger partial charge in [-0.2, -0.15) is 0 Å². The summed E-state index contributed by atoms with van der Waals surface area (Å²) < 4.78 is 26.5. The zero-order valence-electron chi connectivity index (χ0n) is 9.00. The van der Waals surface area contributed by atoms with Crippen LogP contribution in [0.4, 0.5) is 8.78 Å². The van der Waals surface area contributed by atoms with E-state index >= 15 is 0 Å². The standard InChI is InChI=1S/C12H7F2N3O/c13-6-4-7(14)11-9(5-6)16-12(17-11)8-2-1-3-10(18)15-8/h1-5H,(H,15,18)(H,16,17). The van der Waals surface area contributed by atoms with E-state index in [0.29, 0.717) is 5.69 Å². The van der Waals surface area contributed by atoms with Gasteiger partial charge in [-0.1, -0.05) is 6.07 Å². The van der Waals surface area contributed by atoms with E-state index in [4.69, 9.17) is 0 Å². The van der Waals surface area contributed by atoms with Gasteiger partial charge in [0.15, 0.2) is 11.6 Å². The van der Waals surface area contributed by atoms with Crippen LogP contribution in [0.3, 0.4) is 0 Å². The Labute approximate surface area is 99.3 Å². The molecule has 2 heterocycles. The van der Waals surface area contributed by atoms with Crippen LogP contribution in [-0.4, -0.2) is 15.0 Å². The molecule has 0 unspecified atom stereocenters. The maximum atomic E-state index is 13.5. The van der Waals surface area contributed by atoms with E-state index in [-0.39, 0.29) is 22.4 Å². The number of rotatable bonds is 1. The molecule has 0 aliphatic rings. The average molecular weight is 247 g/mol. The van der Waals surface area contributed by atoms with E-state index < -0.39 is 11.6 Å². The van der Waals surface area contributed by atoms with Crippen LogP contribution in [-0.2, 0) is 0 Å². The van der Waals surface area contributed by atoms with Crippen LogP contribution in [0.15, 0.2) is 35.1 Å². The summed E-state index contributed by atoms with van der Waals surface area (Å²) >= 11 is 0. The summed E-state index contributed by atoms with van der Waals surface area (Å²) in [6.07, 6.45) is 0. The van der Waals surface area contributed by atoms with Gasteiger partial charge in [-0.25, -0.2) is 13.8 Å². The Balaban J connectivity index is 2.25. The molecule has 0 saturated carbocycles. The number of imidazole rings is 1. The average Bonchev–Trinajstić information content (AvgIpc) is 2.73. The molecule has 1 aromatic carbocycles. The number of aromatic amines is 2. The fraction of sp³-hybridized carbons (Fsp3) is 0. The number of hydrogen-bond donors (Lipinski definition) is 2. The van der Waals surface area contributed by atoms with Gasteiger partial charge in [0.1, 0.15) is 11.3 Å². The summed E-state index contributed by atoms with van der Waals surface area (Å²) in [6.45, 7) is 0. The summed E-state index contributed by atoms with van der Waals surface area (Å²) in [6, 6.07) is 6.44. The smallest absolute Gasteiger partial charge is 0.248 e. The van der Waals surface area contributed by atoms with Gasteiger partial charge in [0.25, 0.3) is 0 Å². The second-order valence-corrected chi connectivity index (χ2v) is 3.80. The van der Waals surface area contributed by atoms with Gasteiger partial charge in [0.2, 0.25) is 5.56 Å². The summed E-state index contributed by atoms with van der Waals surface area (Å²) in [5, 5.41) is 0. The first-order chi connectivity index (χ1) is 8.63. The molecule has 0 fully saturated rings. The number of benzene rings is 1. The molecular formula is C12H7F2N3O. The lowest BCUT2D eigenvalue weighted by molar-refractivity contribution is 0.591. The summed E-state index contributed by atoms with van der Waals surface area (Å²) in [7, 11) is 0.